The number of carbonyl (C=O) groups is 3. The van der Waals surface area contributed by atoms with Crippen LogP contribution in [0.1, 0.15) is 50.8 Å². The van der Waals surface area contributed by atoms with Crippen LogP contribution in [0.15, 0.2) is 59.4 Å². The molecule has 9 nitrogen and oxygen atoms in total. The molecule has 3 aliphatic rings. The molecule has 3 N–H and O–H groups in total. The van der Waals surface area contributed by atoms with Crippen molar-refractivity contribution < 1.29 is 24.2 Å². The fourth-order valence-electron chi connectivity index (χ4n) is 5.14. The lowest BCUT2D eigenvalue weighted by Gasteiger charge is -2.33. The van der Waals surface area contributed by atoms with Crippen molar-refractivity contribution in [2.24, 2.45) is 0 Å². The first-order chi connectivity index (χ1) is 18.8. The number of unbranched alkanes of at least 4 members (excludes halogenated alkanes) is 1. The van der Waals surface area contributed by atoms with Gasteiger partial charge < -0.3 is 25.4 Å². The monoisotopic (exact) mass is 534 g/mol. The van der Waals surface area contributed by atoms with Crippen molar-refractivity contribution in [2.75, 3.05) is 31.6 Å². The van der Waals surface area contributed by atoms with Gasteiger partial charge in [-0.25, -0.2) is 9.78 Å². The fraction of sp³-hybridized carbons (Fsp3) is 0.467. The minimum atomic E-state index is -1.11. The number of hydrogen-bond donors (Lipinski definition) is 3. The van der Waals surface area contributed by atoms with Gasteiger partial charge in [0.05, 0.1) is 5.57 Å². The van der Waals surface area contributed by atoms with E-state index in [0.717, 1.165) is 61.3 Å². The van der Waals surface area contributed by atoms with Crippen LogP contribution in [-0.4, -0.2) is 71.0 Å². The summed E-state index contributed by atoms with van der Waals surface area (Å²) >= 11 is 0. The lowest BCUT2D eigenvalue weighted by Crippen LogP contribution is -2.44. The summed E-state index contributed by atoms with van der Waals surface area (Å²) in [5.41, 5.74) is 4.46. The van der Waals surface area contributed by atoms with E-state index < -0.39 is 24.0 Å². The van der Waals surface area contributed by atoms with Crippen LogP contribution in [0.2, 0.25) is 0 Å². The van der Waals surface area contributed by atoms with Crippen LogP contribution in [0.3, 0.4) is 0 Å². The Morgan fingerprint density at radius 3 is 2.87 bits per heavy atom. The summed E-state index contributed by atoms with van der Waals surface area (Å²) in [5, 5.41) is 15.6. The van der Waals surface area contributed by atoms with Crippen LogP contribution in [0.5, 0.6) is 0 Å². The Morgan fingerprint density at radius 1 is 1.23 bits per heavy atom. The van der Waals surface area contributed by atoms with Crippen molar-refractivity contribution in [3.05, 3.63) is 70.6 Å². The van der Waals surface area contributed by atoms with Gasteiger partial charge in [-0.3, -0.25) is 9.59 Å². The van der Waals surface area contributed by atoms with Gasteiger partial charge >= 0.3 is 5.97 Å². The van der Waals surface area contributed by atoms with E-state index in [1.807, 2.05) is 19.9 Å². The maximum absolute atomic E-state index is 12.9. The van der Waals surface area contributed by atoms with E-state index in [0.29, 0.717) is 18.7 Å². The number of ether oxygens (including phenoxy) is 1. The van der Waals surface area contributed by atoms with Crippen molar-refractivity contribution in [2.45, 2.75) is 64.5 Å². The highest BCUT2D eigenvalue weighted by molar-refractivity contribution is 6.00. The Hall–Kier alpha value is -3.72. The molecule has 0 saturated carbocycles. The molecular formula is C30H38N4O5. The molecule has 1 aliphatic carbocycles. The summed E-state index contributed by atoms with van der Waals surface area (Å²) in [5.74, 6) is -0.633. The molecule has 9 heteroatoms. The number of carboxylic acids is 1. The third-order valence-corrected chi connectivity index (χ3v) is 7.12. The Morgan fingerprint density at radius 2 is 2.08 bits per heavy atom. The number of rotatable bonds is 12. The first-order valence-electron chi connectivity index (χ1n) is 13.7. The highest BCUT2D eigenvalue weighted by Gasteiger charge is 2.29. The van der Waals surface area contributed by atoms with Crippen molar-refractivity contribution in [3.63, 3.8) is 0 Å². The fourth-order valence-corrected chi connectivity index (χ4v) is 5.14. The molecule has 0 spiro atoms. The van der Waals surface area contributed by atoms with Crippen molar-refractivity contribution >= 4 is 23.5 Å². The normalized spacial score (nSPS) is 19.3. The maximum atomic E-state index is 12.9. The zero-order valence-electron chi connectivity index (χ0n) is 22.7. The average Bonchev–Trinajstić information content (AvgIpc) is 2.91. The maximum Gasteiger partial charge on any atom is 0.326 e. The number of aryl methyl sites for hydroxylation is 2. The van der Waals surface area contributed by atoms with E-state index in [9.17, 15) is 19.5 Å². The van der Waals surface area contributed by atoms with Crippen LogP contribution < -0.4 is 10.6 Å². The van der Waals surface area contributed by atoms with Gasteiger partial charge in [-0.2, -0.15) is 0 Å². The smallest absolute Gasteiger partial charge is 0.326 e. The molecule has 2 atom stereocenters. The molecule has 0 saturated heterocycles. The van der Waals surface area contributed by atoms with Gasteiger partial charge in [-0.1, -0.05) is 24.3 Å². The van der Waals surface area contributed by atoms with Gasteiger partial charge in [-0.05, 0) is 74.8 Å². The number of aliphatic carboxylic acids is 1. The standard InChI is InChI=1S/C30H38N4O5/c1-20-17-21(2)27(26(35)18-20)34-14-6-8-23(19-34)29(36)33-25(30(37)38)12-16-39-15-4-3-9-24-11-10-22-7-5-13-31-28(22)32-24/h6,8,10-11,17-19,25,27H,3-5,7,9,12-16H2,1-2H3,(H,31,32)(H,33,36)(H,37,38)/t25-,27?/m0/s1. The number of carbonyl (C=O) groups excluding carboxylic acids is 2. The zero-order chi connectivity index (χ0) is 27.8. The number of ketones is 1. The summed E-state index contributed by atoms with van der Waals surface area (Å²) in [6.07, 6.45) is 13.7. The second-order valence-electron chi connectivity index (χ2n) is 10.3. The van der Waals surface area contributed by atoms with Gasteiger partial charge in [0.15, 0.2) is 5.78 Å². The molecule has 208 valence electrons. The quantitative estimate of drug-likeness (QED) is 0.349. The molecule has 3 heterocycles. The number of nitrogens with one attached hydrogen (secondary N) is 2. The number of anilines is 1. The molecule has 0 aromatic carbocycles. The highest BCUT2D eigenvalue weighted by atomic mass is 16.5. The molecule has 0 radical (unpaired) electrons. The molecule has 1 amide bonds. The molecule has 4 rings (SSSR count). The lowest BCUT2D eigenvalue weighted by molar-refractivity contribution is -0.141. The number of allylic oxidation sites excluding steroid dienone is 2. The molecule has 39 heavy (non-hydrogen) atoms. The Labute approximate surface area is 229 Å². The summed E-state index contributed by atoms with van der Waals surface area (Å²) < 4.78 is 5.67. The Balaban J connectivity index is 1.19. The van der Waals surface area contributed by atoms with Crippen molar-refractivity contribution in [3.8, 4) is 0 Å². The van der Waals surface area contributed by atoms with E-state index in [1.54, 1.807) is 29.3 Å². The van der Waals surface area contributed by atoms with Crippen molar-refractivity contribution in [1.29, 1.82) is 0 Å². The first kappa shape index (κ1) is 28.3. The number of fused-ring (bicyclic) bond motifs is 1. The number of carboxylic acid groups (broad SMARTS) is 1. The minimum Gasteiger partial charge on any atom is -0.480 e. The number of amides is 1. The van der Waals surface area contributed by atoms with Crippen molar-refractivity contribution in [1.82, 2.24) is 15.2 Å². The Kier molecular flexibility index (Phi) is 9.70. The second kappa shape index (κ2) is 13.4. The van der Waals surface area contributed by atoms with Crippen LogP contribution in [0.25, 0.3) is 0 Å². The van der Waals surface area contributed by atoms with Gasteiger partial charge in [0.2, 0.25) is 0 Å². The third kappa shape index (κ3) is 7.66. The van der Waals surface area contributed by atoms with E-state index >= 15 is 0 Å². The summed E-state index contributed by atoms with van der Waals surface area (Å²) in [6, 6.07) is 2.71. The van der Waals surface area contributed by atoms with Gasteiger partial charge in [0, 0.05) is 44.6 Å². The van der Waals surface area contributed by atoms with E-state index in [4.69, 9.17) is 9.72 Å². The topological polar surface area (TPSA) is 121 Å². The summed E-state index contributed by atoms with van der Waals surface area (Å²) in [7, 11) is 0. The van der Waals surface area contributed by atoms with Gasteiger partial charge in [-0.15, -0.1) is 0 Å². The lowest BCUT2D eigenvalue weighted by atomic mass is 9.93. The molecule has 1 aromatic heterocycles. The zero-order valence-corrected chi connectivity index (χ0v) is 22.7. The van der Waals surface area contributed by atoms with E-state index in [2.05, 4.69) is 22.8 Å². The van der Waals surface area contributed by atoms with E-state index in [-0.39, 0.29) is 18.8 Å². The first-order valence-corrected chi connectivity index (χ1v) is 13.7. The second-order valence-corrected chi connectivity index (χ2v) is 10.3. The van der Waals surface area contributed by atoms with Gasteiger partial charge in [0.25, 0.3) is 5.91 Å². The molecule has 0 bridgehead atoms. The van der Waals surface area contributed by atoms with E-state index in [1.165, 1.54) is 5.56 Å². The number of hydrogen-bond acceptors (Lipinski definition) is 7. The van der Waals surface area contributed by atoms with Crippen LogP contribution in [-0.2, 0) is 32.0 Å². The number of pyridine rings is 1. The van der Waals surface area contributed by atoms with Crippen LogP contribution in [0.4, 0.5) is 5.82 Å². The number of aromatic nitrogens is 1. The third-order valence-electron chi connectivity index (χ3n) is 7.12. The van der Waals surface area contributed by atoms with Crippen LogP contribution in [0, 0.1) is 0 Å². The Bertz CT molecular complexity index is 1220. The molecule has 1 aromatic rings. The summed E-state index contributed by atoms with van der Waals surface area (Å²) in [6.45, 7) is 5.98. The predicted octanol–water partition coefficient (Wildman–Crippen LogP) is 3.34. The average molecular weight is 535 g/mol. The molecule has 2 aliphatic heterocycles. The molecule has 1 unspecified atom stereocenters. The minimum absolute atomic E-state index is 0.0321. The summed E-state index contributed by atoms with van der Waals surface area (Å²) in [4.78, 5) is 43.8. The highest BCUT2D eigenvalue weighted by Crippen LogP contribution is 2.23. The number of nitrogens with zero attached hydrogens (tertiary/aromatic N) is 2. The predicted molar refractivity (Wildman–Crippen MR) is 149 cm³/mol. The molecule has 0 fully saturated rings. The van der Waals surface area contributed by atoms with Crippen LogP contribution >= 0.6 is 0 Å². The molecular weight excluding hydrogens is 496 g/mol. The largest absolute Gasteiger partial charge is 0.480 e. The SMILES string of the molecule is CC1=CC(=O)C(N2C=C(C(=O)N[C@@H](CCOCCCCc3ccc4c(n3)NCCC4)C(=O)O)C=CC2)C(C)=C1. The van der Waals surface area contributed by atoms with Gasteiger partial charge in [0.1, 0.15) is 17.9 Å².